The molecule has 0 aliphatic carbocycles. The minimum atomic E-state index is -3.52. The third-order valence-electron chi connectivity index (χ3n) is 2.26. The monoisotopic (exact) mass is 376 g/mol. The molecule has 0 atom stereocenters. The van der Waals surface area contributed by atoms with Gasteiger partial charge in [0.25, 0.3) is 0 Å². The summed E-state index contributed by atoms with van der Waals surface area (Å²) in [7, 11) is -0.214. The first-order valence-corrected chi connectivity index (χ1v) is 7.56. The number of nitrogens with one attached hydrogen (secondary N) is 1. The maximum Gasteiger partial charge on any atom is 0.244 e. The molecule has 0 saturated heterocycles. The highest BCUT2D eigenvalue weighted by Gasteiger charge is 2.22. The number of hydrogen-bond donors (Lipinski definition) is 1. The number of likely N-dealkylation sites (N-methyl/N-ethyl adjacent to an activating group) is 2. The molecule has 18 heavy (non-hydrogen) atoms. The summed E-state index contributed by atoms with van der Waals surface area (Å²) in [5, 5.41) is 3.12. The second-order valence-electron chi connectivity index (χ2n) is 3.50. The molecule has 0 heterocycles. The molecular formula is C10H15BrCl2N2O2S. The van der Waals surface area contributed by atoms with Crippen molar-refractivity contribution in [1.29, 1.82) is 0 Å². The van der Waals surface area contributed by atoms with Crippen molar-refractivity contribution in [3.63, 3.8) is 0 Å². The lowest BCUT2D eigenvalue weighted by molar-refractivity contribution is 0.466. The molecule has 0 amide bonds. The average molecular weight is 378 g/mol. The fourth-order valence-electron chi connectivity index (χ4n) is 1.24. The van der Waals surface area contributed by atoms with Gasteiger partial charge in [0.1, 0.15) is 4.90 Å². The van der Waals surface area contributed by atoms with Crippen molar-refractivity contribution in [2.45, 2.75) is 4.90 Å². The number of halogens is 3. The van der Waals surface area contributed by atoms with Crippen molar-refractivity contribution < 1.29 is 8.42 Å². The molecule has 0 spiro atoms. The molecule has 1 N–H and O–H groups in total. The first-order valence-electron chi connectivity index (χ1n) is 4.95. The van der Waals surface area contributed by atoms with Gasteiger partial charge in [-0.25, -0.2) is 8.42 Å². The predicted octanol–water partition coefficient (Wildman–Crippen LogP) is 2.36. The molecule has 0 aliphatic rings. The number of sulfonamides is 1. The van der Waals surface area contributed by atoms with Crippen LogP contribution in [0.1, 0.15) is 0 Å². The normalized spacial score (nSPS) is 11.4. The van der Waals surface area contributed by atoms with E-state index in [9.17, 15) is 8.42 Å². The molecule has 0 unspecified atom stereocenters. The summed E-state index contributed by atoms with van der Waals surface area (Å²) in [6.07, 6.45) is 0. The molecule has 1 aromatic rings. The Balaban J connectivity index is 0.00000289. The van der Waals surface area contributed by atoms with Gasteiger partial charge in [-0.2, -0.15) is 4.31 Å². The summed E-state index contributed by atoms with van der Waals surface area (Å²) in [6, 6.07) is 4.72. The fraction of sp³-hybridized carbons (Fsp3) is 0.400. The predicted molar refractivity (Wildman–Crippen MR) is 80.1 cm³/mol. The van der Waals surface area contributed by atoms with E-state index in [4.69, 9.17) is 11.6 Å². The number of hydrogen-bond acceptors (Lipinski definition) is 3. The SMILES string of the molecule is CNCCN(C)S(=O)(=O)c1ccc(Br)cc1Cl.Cl. The summed E-state index contributed by atoms with van der Waals surface area (Å²) >= 11 is 9.18. The Morgan fingerprint density at radius 3 is 2.56 bits per heavy atom. The lowest BCUT2D eigenvalue weighted by atomic mass is 10.4. The zero-order valence-electron chi connectivity index (χ0n) is 9.98. The molecule has 1 rings (SSSR count). The van der Waals surface area contributed by atoms with Crippen LogP contribution >= 0.6 is 39.9 Å². The van der Waals surface area contributed by atoms with Crippen molar-refractivity contribution in [2.75, 3.05) is 27.2 Å². The van der Waals surface area contributed by atoms with Gasteiger partial charge in [-0.15, -0.1) is 12.4 Å². The van der Waals surface area contributed by atoms with E-state index in [1.54, 1.807) is 19.2 Å². The molecule has 104 valence electrons. The van der Waals surface area contributed by atoms with Gasteiger partial charge in [-0.3, -0.25) is 0 Å². The van der Waals surface area contributed by atoms with E-state index in [1.165, 1.54) is 17.4 Å². The Hall–Kier alpha value is 0.150. The minimum absolute atomic E-state index is 0. The third kappa shape index (κ3) is 4.36. The van der Waals surface area contributed by atoms with Crippen LogP contribution in [0.15, 0.2) is 27.6 Å². The quantitative estimate of drug-likeness (QED) is 0.856. The van der Waals surface area contributed by atoms with E-state index in [2.05, 4.69) is 21.2 Å². The van der Waals surface area contributed by atoms with Gasteiger partial charge in [0, 0.05) is 24.6 Å². The molecule has 8 heteroatoms. The third-order valence-corrected chi connectivity index (χ3v) is 5.09. The van der Waals surface area contributed by atoms with E-state index in [0.717, 1.165) is 4.47 Å². The minimum Gasteiger partial charge on any atom is -0.318 e. The van der Waals surface area contributed by atoms with E-state index >= 15 is 0 Å². The molecule has 0 fully saturated rings. The highest BCUT2D eigenvalue weighted by Crippen LogP contribution is 2.26. The molecule has 0 saturated carbocycles. The number of rotatable bonds is 5. The summed E-state index contributed by atoms with van der Waals surface area (Å²) in [5.74, 6) is 0. The van der Waals surface area contributed by atoms with Gasteiger partial charge < -0.3 is 5.32 Å². The first kappa shape index (κ1) is 18.1. The second-order valence-corrected chi connectivity index (χ2v) is 6.84. The topological polar surface area (TPSA) is 49.4 Å². The van der Waals surface area contributed by atoms with Crippen LogP contribution in [0.5, 0.6) is 0 Å². The van der Waals surface area contributed by atoms with Crippen LogP contribution in [-0.2, 0) is 10.0 Å². The van der Waals surface area contributed by atoms with E-state index in [1.807, 2.05) is 0 Å². The first-order chi connectivity index (χ1) is 7.89. The van der Waals surface area contributed by atoms with Crippen molar-refractivity contribution in [1.82, 2.24) is 9.62 Å². The molecule has 0 bridgehead atoms. The molecule has 0 aromatic heterocycles. The van der Waals surface area contributed by atoms with Crippen molar-refractivity contribution in [2.24, 2.45) is 0 Å². The van der Waals surface area contributed by atoms with Gasteiger partial charge in [0.15, 0.2) is 0 Å². The van der Waals surface area contributed by atoms with Crippen LogP contribution in [0.3, 0.4) is 0 Å². The van der Waals surface area contributed by atoms with Crippen LogP contribution in [0.25, 0.3) is 0 Å². The van der Waals surface area contributed by atoms with Crippen LogP contribution in [0.2, 0.25) is 5.02 Å². The standard InChI is InChI=1S/C10H14BrClN2O2S.ClH/c1-13-5-6-14(2)17(15,16)10-4-3-8(11)7-9(10)12;/h3-4,7,13H,5-6H2,1-2H3;1H. The van der Waals surface area contributed by atoms with Crippen molar-refractivity contribution in [3.05, 3.63) is 27.7 Å². The van der Waals surface area contributed by atoms with Crippen LogP contribution in [-0.4, -0.2) is 39.9 Å². The van der Waals surface area contributed by atoms with Gasteiger partial charge in [-0.05, 0) is 25.2 Å². The molecule has 0 aliphatic heterocycles. The highest BCUT2D eigenvalue weighted by molar-refractivity contribution is 9.10. The van der Waals surface area contributed by atoms with Gasteiger partial charge in [-0.1, -0.05) is 27.5 Å². The fourth-order valence-corrected chi connectivity index (χ4v) is 3.42. The zero-order chi connectivity index (χ0) is 13.1. The van der Waals surface area contributed by atoms with Crippen LogP contribution < -0.4 is 5.32 Å². The summed E-state index contributed by atoms with van der Waals surface area (Å²) in [5.41, 5.74) is 0. The lowest BCUT2D eigenvalue weighted by Crippen LogP contribution is -2.33. The van der Waals surface area contributed by atoms with E-state index in [0.29, 0.717) is 13.1 Å². The number of nitrogens with zero attached hydrogens (tertiary/aromatic N) is 1. The maximum atomic E-state index is 12.2. The zero-order valence-corrected chi connectivity index (χ0v) is 14.0. The largest absolute Gasteiger partial charge is 0.318 e. The smallest absolute Gasteiger partial charge is 0.244 e. The number of benzene rings is 1. The van der Waals surface area contributed by atoms with Crippen LogP contribution in [0, 0.1) is 0 Å². The van der Waals surface area contributed by atoms with Gasteiger partial charge >= 0.3 is 0 Å². The molecular weight excluding hydrogens is 363 g/mol. The van der Waals surface area contributed by atoms with Crippen molar-refractivity contribution in [3.8, 4) is 0 Å². The Kier molecular flexibility index (Phi) is 7.73. The van der Waals surface area contributed by atoms with E-state index < -0.39 is 10.0 Å². The van der Waals surface area contributed by atoms with Gasteiger partial charge in [0.2, 0.25) is 10.0 Å². The Bertz CT molecular complexity index is 497. The average Bonchev–Trinajstić information content (AvgIpc) is 2.25. The molecule has 4 nitrogen and oxygen atoms in total. The van der Waals surface area contributed by atoms with E-state index in [-0.39, 0.29) is 22.3 Å². The van der Waals surface area contributed by atoms with Crippen molar-refractivity contribution >= 4 is 50.0 Å². The second kappa shape index (κ2) is 7.67. The Morgan fingerprint density at radius 2 is 2.06 bits per heavy atom. The Morgan fingerprint density at radius 1 is 1.44 bits per heavy atom. The summed E-state index contributed by atoms with van der Waals surface area (Å²) in [4.78, 5) is 0.126. The molecule has 0 radical (unpaired) electrons. The summed E-state index contributed by atoms with van der Waals surface area (Å²) < 4.78 is 26.4. The van der Waals surface area contributed by atoms with Crippen LogP contribution in [0.4, 0.5) is 0 Å². The lowest BCUT2D eigenvalue weighted by Gasteiger charge is -2.17. The van der Waals surface area contributed by atoms with Gasteiger partial charge in [0.05, 0.1) is 5.02 Å². The maximum absolute atomic E-state index is 12.2. The summed E-state index contributed by atoms with van der Waals surface area (Å²) in [6.45, 7) is 0.981. The molecule has 1 aromatic carbocycles. The Labute approximate surface area is 127 Å². The highest BCUT2D eigenvalue weighted by atomic mass is 79.9.